The van der Waals surface area contributed by atoms with E-state index in [9.17, 15) is 14.7 Å². The number of hydrogen-bond acceptors (Lipinski definition) is 9. The number of hydrazone groups is 1. The van der Waals surface area contributed by atoms with Gasteiger partial charge in [-0.05, 0) is 79.1 Å². The summed E-state index contributed by atoms with van der Waals surface area (Å²) in [7, 11) is 1.28. The molecule has 0 spiro atoms. The van der Waals surface area contributed by atoms with Crippen molar-refractivity contribution < 1.29 is 33.6 Å². The first kappa shape index (κ1) is 31.4. The zero-order valence-corrected chi connectivity index (χ0v) is 25.5. The van der Waals surface area contributed by atoms with Crippen LogP contribution in [0.4, 0.5) is 4.79 Å². The van der Waals surface area contributed by atoms with Gasteiger partial charge in [-0.1, -0.05) is 34.1 Å². The SMILES string of the molecule is CCOc1cc([C@H]2NC(=O)NC(C)=C2C(=O)OC)ccc1OC[C@@H](O)N/N=C\c1ccc(OCc2ccc(Br)cc2)cc1. The van der Waals surface area contributed by atoms with Crippen molar-refractivity contribution in [2.24, 2.45) is 5.10 Å². The van der Waals surface area contributed by atoms with Gasteiger partial charge in [0.2, 0.25) is 0 Å². The van der Waals surface area contributed by atoms with Gasteiger partial charge in [-0.2, -0.15) is 5.10 Å². The van der Waals surface area contributed by atoms with Gasteiger partial charge in [-0.15, -0.1) is 0 Å². The number of halogens is 1. The fourth-order valence-corrected chi connectivity index (χ4v) is 4.48. The molecule has 43 heavy (non-hydrogen) atoms. The third-order valence-corrected chi connectivity index (χ3v) is 6.84. The quantitative estimate of drug-likeness (QED) is 0.0913. The summed E-state index contributed by atoms with van der Waals surface area (Å²) in [6.07, 6.45) is 0.461. The number of ether oxygens (including phenoxy) is 4. The molecule has 226 valence electrons. The Hall–Kier alpha value is -4.55. The minimum atomic E-state index is -1.11. The Kier molecular flexibility index (Phi) is 11.0. The van der Waals surface area contributed by atoms with Crippen LogP contribution >= 0.6 is 15.9 Å². The first-order chi connectivity index (χ1) is 20.8. The second-order valence-electron chi connectivity index (χ2n) is 9.40. The molecule has 1 aliphatic rings. The average molecular weight is 654 g/mol. The summed E-state index contributed by atoms with van der Waals surface area (Å²) in [5, 5.41) is 19.8. The molecule has 0 radical (unpaired) electrons. The molecule has 3 aromatic rings. The number of amides is 2. The zero-order valence-electron chi connectivity index (χ0n) is 23.9. The van der Waals surface area contributed by atoms with Crippen molar-refractivity contribution in [3.05, 3.63) is 99.2 Å². The van der Waals surface area contributed by atoms with Crippen LogP contribution in [-0.4, -0.2) is 49.9 Å². The van der Waals surface area contributed by atoms with E-state index in [0.717, 1.165) is 21.3 Å². The van der Waals surface area contributed by atoms with Crippen molar-refractivity contribution in [3.63, 3.8) is 0 Å². The van der Waals surface area contributed by atoms with Crippen molar-refractivity contribution in [2.45, 2.75) is 32.7 Å². The normalized spacial score (nSPS) is 15.4. The number of carbonyl (C=O) groups excluding carboxylic acids is 2. The molecule has 0 aromatic heterocycles. The first-order valence-corrected chi connectivity index (χ1v) is 14.3. The van der Waals surface area contributed by atoms with E-state index in [0.29, 0.717) is 36.0 Å². The Balaban J connectivity index is 1.32. The van der Waals surface area contributed by atoms with Crippen LogP contribution in [0.5, 0.6) is 17.2 Å². The molecule has 12 heteroatoms. The maximum atomic E-state index is 12.4. The Morgan fingerprint density at radius 1 is 1.07 bits per heavy atom. The van der Waals surface area contributed by atoms with Crippen LogP contribution in [0.15, 0.2) is 87.6 Å². The minimum absolute atomic E-state index is 0.129. The van der Waals surface area contributed by atoms with Gasteiger partial charge in [0.15, 0.2) is 17.7 Å². The van der Waals surface area contributed by atoms with Gasteiger partial charge in [0.1, 0.15) is 19.0 Å². The largest absolute Gasteiger partial charge is 0.490 e. The van der Waals surface area contributed by atoms with Crippen LogP contribution in [-0.2, 0) is 16.1 Å². The summed E-state index contributed by atoms with van der Waals surface area (Å²) in [4.78, 5) is 24.5. The molecule has 3 aromatic carbocycles. The van der Waals surface area contributed by atoms with E-state index in [1.54, 1.807) is 31.3 Å². The standard InChI is InChI=1S/C31H33BrN4O7/c1-4-41-26-15-22(29-28(30(38)40-3)19(2)34-31(39)35-29)9-14-25(26)43-18-27(37)36-33-16-20-7-12-24(13-8-20)42-17-21-5-10-23(32)11-6-21/h5-16,27,29,36-37H,4,17-18H2,1-3H3,(H2,34,35,39)/b33-16-/t27-,29-/m1/s1. The Morgan fingerprint density at radius 2 is 1.81 bits per heavy atom. The molecule has 2 atom stereocenters. The molecule has 4 N–H and O–H groups in total. The van der Waals surface area contributed by atoms with Gasteiger partial charge < -0.3 is 34.7 Å². The predicted octanol–water partition coefficient (Wildman–Crippen LogP) is 4.55. The maximum absolute atomic E-state index is 12.4. The number of methoxy groups -OCH3 is 1. The Bertz CT molecular complexity index is 1480. The minimum Gasteiger partial charge on any atom is -0.490 e. The molecule has 0 bridgehead atoms. The smallest absolute Gasteiger partial charge is 0.337 e. The second-order valence-corrected chi connectivity index (χ2v) is 10.3. The number of allylic oxidation sites excluding steroid dienone is 1. The summed E-state index contributed by atoms with van der Waals surface area (Å²) in [5.41, 5.74) is 5.77. The van der Waals surface area contributed by atoms with Crippen LogP contribution in [0.3, 0.4) is 0 Å². The van der Waals surface area contributed by atoms with E-state index in [1.807, 2.05) is 55.5 Å². The summed E-state index contributed by atoms with van der Waals surface area (Å²) in [5.74, 6) is 0.916. The molecular weight excluding hydrogens is 620 g/mol. The zero-order chi connectivity index (χ0) is 30.8. The molecule has 2 amide bonds. The van der Waals surface area contributed by atoms with Gasteiger partial charge in [-0.25, -0.2) is 9.59 Å². The van der Waals surface area contributed by atoms with E-state index in [-0.39, 0.29) is 12.2 Å². The highest BCUT2D eigenvalue weighted by Crippen LogP contribution is 2.35. The van der Waals surface area contributed by atoms with E-state index in [1.165, 1.54) is 7.11 Å². The molecule has 4 rings (SSSR count). The number of nitrogens with zero attached hydrogens (tertiary/aromatic N) is 1. The van der Waals surface area contributed by atoms with Crippen molar-refractivity contribution >= 4 is 34.1 Å². The number of rotatable bonds is 13. The first-order valence-electron chi connectivity index (χ1n) is 13.5. The van der Waals surface area contributed by atoms with Gasteiger partial charge in [-0.3, -0.25) is 5.43 Å². The van der Waals surface area contributed by atoms with Crippen molar-refractivity contribution in [3.8, 4) is 17.2 Å². The van der Waals surface area contributed by atoms with Crippen molar-refractivity contribution in [2.75, 3.05) is 20.3 Å². The van der Waals surface area contributed by atoms with Gasteiger partial charge in [0.05, 0.1) is 31.5 Å². The molecule has 0 aliphatic carbocycles. The number of aliphatic hydroxyl groups is 1. The summed E-state index contributed by atoms with van der Waals surface area (Å²) < 4.78 is 23.3. The topological polar surface area (TPSA) is 140 Å². The van der Waals surface area contributed by atoms with Crippen molar-refractivity contribution in [1.82, 2.24) is 16.1 Å². The van der Waals surface area contributed by atoms with E-state index in [4.69, 9.17) is 18.9 Å². The van der Waals surface area contributed by atoms with Crippen LogP contribution in [0.2, 0.25) is 0 Å². The van der Waals surface area contributed by atoms with Crippen LogP contribution in [0.1, 0.15) is 36.6 Å². The van der Waals surface area contributed by atoms with Crippen molar-refractivity contribution in [1.29, 1.82) is 0 Å². The second kappa shape index (κ2) is 15.1. The number of nitrogens with one attached hydrogen (secondary N) is 3. The van der Waals surface area contributed by atoms with E-state index in [2.05, 4.69) is 37.1 Å². The number of esters is 1. The molecule has 1 heterocycles. The third-order valence-electron chi connectivity index (χ3n) is 6.31. The molecule has 0 fully saturated rings. The van der Waals surface area contributed by atoms with E-state index < -0.39 is 24.3 Å². The van der Waals surface area contributed by atoms with Gasteiger partial charge >= 0.3 is 12.0 Å². The lowest BCUT2D eigenvalue weighted by atomic mass is 9.95. The Morgan fingerprint density at radius 3 is 2.51 bits per heavy atom. The number of carbonyl (C=O) groups is 2. The molecule has 0 unspecified atom stereocenters. The van der Waals surface area contributed by atoms with Crippen LogP contribution < -0.4 is 30.3 Å². The molecule has 11 nitrogen and oxygen atoms in total. The Labute approximate surface area is 258 Å². The number of urea groups is 1. The summed E-state index contributed by atoms with van der Waals surface area (Å²) in [6.45, 7) is 4.12. The molecular formula is C31H33BrN4O7. The highest BCUT2D eigenvalue weighted by molar-refractivity contribution is 9.10. The monoisotopic (exact) mass is 652 g/mol. The summed E-state index contributed by atoms with van der Waals surface area (Å²) in [6, 6.07) is 19.2. The summed E-state index contributed by atoms with van der Waals surface area (Å²) >= 11 is 3.42. The number of benzene rings is 3. The number of aliphatic hydroxyl groups excluding tert-OH is 1. The lowest BCUT2D eigenvalue weighted by molar-refractivity contribution is -0.136. The lowest BCUT2D eigenvalue weighted by Crippen LogP contribution is -2.45. The van der Waals surface area contributed by atoms with Gasteiger partial charge in [0.25, 0.3) is 0 Å². The average Bonchev–Trinajstić information content (AvgIpc) is 3.00. The van der Waals surface area contributed by atoms with Crippen LogP contribution in [0.25, 0.3) is 0 Å². The highest BCUT2D eigenvalue weighted by Gasteiger charge is 2.32. The highest BCUT2D eigenvalue weighted by atomic mass is 79.9. The fraction of sp³-hybridized carbons (Fsp3) is 0.258. The van der Waals surface area contributed by atoms with Gasteiger partial charge in [0, 0.05) is 10.2 Å². The molecule has 0 saturated carbocycles. The van der Waals surface area contributed by atoms with E-state index >= 15 is 0 Å². The molecule has 0 saturated heterocycles. The predicted molar refractivity (Wildman–Crippen MR) is 164 cm³/mol. The molecule has 1 aliphatic heterocycles. The maximum Gasteiger partial charge on any atom is 0.337 e. The lowest BCUT2D eigenvalue weighted by Gasteiger charge is -2.28. The fourth-order valence-electron chi connectivity index (χ4n) is 4.22. The van der Waals surface area contributed by atoms with Crippen LogP contribution in [0, 0.1) is 0 Å². The number of hydrogen-bond donors (Lipinski definition) is 4. The third kappa shape index (κ3) is 8.72.